The summed E-state index contributed by atoms with van der Waals surface area (Å²) < 4.78 is 10.2. The molecule has 1 N–H and O–H groups in total. The van der Waals surface area contributed by atoms with Crippen molar-refractivity contribution in [2.24, 2.45) is 5.92 Å². The Bertz CT molecular complexity index is 721. The molecule has 0 spiro atoms. The number of rotatable bonds is 10. The molecule has 1 aromatic rings. The van der Waals surface area contributed by atoms with Crippen LogP contribution in [-0.4, -0.2) is 60.5 Å². The molecule has 1 saturated carbocycles. The van der Waals surface area contributed by atoms with Gasteiger partial charge in [-0.25, -0.2) is 4.79 Å². The Morgan fingerprint density at radius 3 is 2.46 bits per heavy atom. The summed E-state index contributed by atoms with van der Waals surface area (Å²) in [6.45, 7) is 8.27. The molecule has 2 rings (SSSR count). The lowest BCUT2D eigenvalue weighted by Crippen LogP contribution is -2.48. The second-order valence-corrected chi connectivity index (χ2v) is 7.39. The van der Waals surface area contributed by atoms with E-state index in [0.717, 1.165) is 19.3 Å². The van der Waals surface area contributed by atoms with E-state index in [9.17, 15) is 14.4 Å². The first-order valence-electron chi connectivity index (χ1n) is 10.0. The molecule has 1 atom stereocenters. The smallest absolute Gasteiger partial charge is 0.355 e. The zero-order chi connectivity index (χ0) is 20.8. The third-order valence-corrected chi connectivity index (χ3v) is 5.50. The lowest BCUT2D eigenvalue weighted by Gasteiger charge is -2.35. The van der Waals surface area contributed by atoms with Crippen LogP contribution < -0.4 is 0 Å². The van der Waals surface area contributed by atoms with Crippen LogP contribution in [0.4, 0.5) is 0 Å². The van der Waals surface area contributed by atoms with Gasteiger partial charge in [0.2, 0.25) is 5.91 Å². The maximum absolute atomic E-state index is 13.3. The van der Waals surface area contributed by atoms with E-state index in [1.165, 1.54) is 0 Å². The number of Topliss-reactive ketones (excluding diaryl/α,β-unsaturated/α-hetero) is 1. The highest BCUT2D eigenvalue weighted by Crippen LogP contribution is 2.30. The normalized spacial score (nSPS) is 15.0. The van der Waals surface area contributed by atoms with Gasteiger partial charge in [0, 0.05) is 37.4 Å². The molecule has 28 heavy (non-hydrogen) atoms. The van der Waals surface area contributed by atoms with Gasteiger partial charge in [-0.15, -0.1) is 0 Å². The van der Waals surface area contributed by atoms with Crippen LogP contribution in [-0.2, 0) is 14.3 Å². The second-order valence-electron chi connectivity index (χ2n) is 7.39. The molecule has 1 fully saturated rings. The molecular formula is C21H32N2O5. The maximum Gasteiger partial charge on any atom is 0.355 e. The highest BCUT2D eigenvalue weighted by Gasteiger charge is 2.35. The number of hydrogen-bond acceptors (Lipinski definition) is 5. The fraction of sp³-hybridized carbons (Fsp3) is 0.667. The molecule has 1 amide bonds. The van der Waals surface area contributed by atoms with Gasteiger partial charge in [-0.05, 0) is 52.5 Å². The van der Waals surface area contributed by atoms with Gasteiger partial charge in [0.05, 0.1) is 12.6 Å². The van der Waals surface area contributed by atoms with Gasteiger partial charge in [0.15, 0.2) is 5.78 Å². The first-order valence-corrected chi connectivity index (χ1v) is 10.0. The molecule has 1 heterocycles. The van der Waals surface area contributed by atoms with E-state index < -0.39 is 12.0 Å². The number of aryl methyl sites for hydroxylation is 1. The minimum Gasteiger partial charge on any atom is -0.461 e. The van der Waals surface area contributed by atoms with Gasteiger partial charge in [0.1, 0.15) is 5.69 Å². The summed E-state index contributed by atoms with van der Waals surface area (Å²) in [6, 6.07) is -0.604. The number of nitrogens with zero attached hydrogens (tertiary/aromatic N) is 1. The van der Waals surface area contributed by atoms with Crippen molar-refractivity contribution in [2.75, 3.05) is 26.9 Å². The summed E-state index contributed by atoms with van der Waals surface area (Å²) in [4.78, 5) is 43.0. The third-order valence-electron chi connectivity index (χ3n) is 5.50. The number of aromatic amines is 1. The predicted molar refractivity (Wildman–Crippen MR) is 106 cm³/mol. The zero-order valence-corrected chi connectivity index (χ0v) is 17.6. The van der Waals surface area contributed by atoms with Crippen molar-refractivity contribution in [3.8, 4) is 0 Å². The van der Waals surface area contributed by atoms with E-state index in [2.05, 4.69) is 4.98 Å². The fourth-order valence-corrected chi connectivity index (χ4v) is 3.64. The van der Waals surface area contributed by atoms with Crippen molar-refractivity contribution >= 4 is 17.7 Å². The largest absolute Gasteiger partial charge is 0.461 e. The molecule has 156 valence electrons. The highest BCUT2D eigenvalue weighted by molar-refractivity contribution is 6.06. The molecule has 1 aromatic heterocycles. The number of methoxy groups -OCH3 is 1. The molecule has 0 bridgehead atoms. The molecule has 0 radical (unpaired) electrons. The molecule has 0 saturated heterocycles. The molecule has 7 heteroatoms. The van der Waals surface area contributed by atoms with Gasteiger partial charge in [0.25, 0.3) is 0 Å². The monoisotopic (exact) mass is 392 g/mol. The Hall–Kier alpha value is -2.15. The van der Waals surface area contributed by atoms with Crippen LogP contribution in [0.2, 0.25) is 0 Å². The topological polar surface area (TPSA) is 88.7 Å². The van der Waals surface area contributed by atoms with Crippen molar-refractivity contribution in [1.82, 2.24) is 9.88 Å². The Labute approximate surface area is 166 Å². The van der Waals surface area contributed by atoms with Crippen molar-refractivity contribution in [2.45, 2.75) is 59.4 Å². The van der Waals surface area contributed by atoms with Crippen molar-refractivity contribution in [3.05, 3.63) is 22.5 Å². The molecule has 0 aliphatic heterocycles. The van der Waals surface area contributed by atoms with Crippen LogP contribution in [0.5, 0.6) is 0 Å². The SMILES string of the molecule is CCOC(=O)c1[nH]c(C)c(C(=O)[C@@H](C)N(CCCOC)C(=O)C2CCC2)c1C. The quantitative estimate of drug-likeness (QED) is 0.376. The molecule has 0 aromatic carbocycles. The molecular weight excluding hydrogens is 360 g/mol. The Balaban J connectivity index is 2.26. The van der Waals surface area contributed by atoms with Crippen LogP contribution >= 0.6 is 0 Å². The van der Waals surface area contributed by atoms with Gasteiger partial charge in [-0.1, -0.05) is 6.42 Å². The van der Waals surface area contributed by atoms with E-state index >= 15 is 0 Å². The van der Waals surface area contributed by atoms with Gasteiger partial charge in [-0.2, -0.15) is 0 Å². The van der Waals surface area contributed by atoms with Crippen LogP contribution in [0.3, 0.4) is 0 Å². The average molecular weight is 392 g/mol. The predicted octanol–water partition coefficient (Wildman–Crippen LogP) is 3.04. The van der Waals surface area contributed by atoms with E-state index in [1.54, 1.807) is 39.7 Å². The number of carbonyl (C=O) groups is 3. The van der Waals surface area contributed by atoms with Crippen LogP contribution in [0.25, 0.3) is 0 Å². The van der Waals surface area contributed by atoms with Gasteiger partial charge >= 0.3 is 5.97 Å². The fourth-order valence-electron chi connectivity index (χ4n) is 3.64. The minimum absolute atomic E-state index is 0.0151. The molecule has 7 nitrogen and oxygen atoms in total. The standard InChI is InChI=1S/C21H32N2O5/c1-6-28-21(26)18-13(2)17(14(3)22-18)19(24)15(4)23(11-8-12-27-5)20(25)16-9-7-10-16/h15-16,22H,6-12H2,1-5H3/t15-/m1/s1. The van der Waals surface area contributed by atoms with Gasteiger partial charge in [-0.3, -0.25) is 9.59 Å². The Kier molecular flexibility index (Phi) is 7.80. The summed E-state index contributed by atoms with van der Waals surface area (Å²) in [5.41, 5.74) is 1.95. The summed E-state index contributed by atoms with van der Waals surface area (Å²) in [5.74, 6) is -0.579. The number of amides is 1. The van der Waals surface area contributed by atoms with Crippen LogP contribution in [0.15, 0.2) is 0 Å². The van der Waals surface area contributed by atoms with Crippen molar-refractivity contribution in [3.63, 3.8) is 0 Å². The summed E-state index contributed by atoms with van der Waals surface area (Å²) in [6.07, 6.45) is 3.50. The first kappa shape index (κ1) is 22.1. The Morgan fingerprint density at radius 2 is 1.93 bits per heavy atom. The lowest BCUT2D eigenvalue weighted by molar-refractivity contribution is -0.139. The second kappa shape index (κ2) is 9.87. The highest BCUT2D eigenvalue weighted by atomic mass is 16.5. The van der Waals surface area contributed by atoms with E-state index in [0.29, 0.717) is 42.1 Å². The van der Waals surface area contributed by atoms with E-state index in [-0.39, 0.29) is 24.2 Å². The number of ether oxygens (including phenoxy) is 2. The average Bonchev–Trinajstić information content (AvgIpc) is 2.90. The molecule has 1 aliphatic rings. The third kappa shape index (κ3) is 4.63. The van der Waals surface area contributed by atoms with Crippen molar-refractivity contribution in [1.29, 1.82) is 0 Å². The number of hydrogen-bond donors (Lipinski definition) is 1. The van der Waals surface area contributed by atoms with E-state index in [4.69, 9.17) is 9.47 Å². The zero-order valence-electron chi connectivity index (χ0n) is 17.6. The van der Waals surface area contributed by atoms with Crippen molar-refractivity contribution < 1.29 is 23.9 Å². The first-order chi connectivity index (χ1) is 13.3. The number of esters is 1. The number of H-pyrrole nitrogens is 1. The Morgan fingerprint density at radius 1 is 1.25 bits per heavy atom. The molecule has 0 unspecified atom stereocenters. The lowest BCUT2D eigenvalue weighted by atomic mass is 9.83. The minimum atomic E-state index is -0.604. The number of carbonyl (C=O) groups excluding carboxylic acids is 3. The summed E-state index contributed by atoms with van der Waals surface area (Å²) in [5, 5.41) is 0. The van der Waals surface area contributed by atoms with Gasteiger partial charge < -0.3 is 19.4 Å². The summed E-state index contributed by atoms with van der Waals surface area (Å²) in [7, 11) is 1.62. The summed E-state index contributed by atoms with van der Waals surface area (Å²) >= 11 is 0. The maximum atomic E-state index is 13.3. The van der Waals surface area contributed by atoms with Crippen LogP contribution in [0.1, 0.15) is 71.6 Å². The van der Waals surface area contributed by atoms with Crippen LogP contribution in [0, 0.1) is 19.8 Å². The van der Waals surface area contributed by atoms with E-state index in [1.807, 2.05) is 0 Å². The molecule has 1 aliphatic carbocycles. The number of nitrogens with one attached hydrogen (secondary N) is 1. The number of aromatic nitrogens is 1. The number of ketones is 1.